The number of nitrogens with two attached hydrogens (primary N) is 1. The molecule has 1 atom stereocenters. The molecule has 1 aliphatic heterocycles. The molecule has 4 rings (SSSR count). The van der Waals surface area contributed by atoms with Crippen molar-refractivity contribution in [2.24, 2.45) is 5.73 Å². The average molecular weight is 497 g/mol. The minimum atomic E-state index is -0.701. The van der Waals surface area contributed by atoms with Crippen LogP contribution < -0.4 is 20.1 Å². The molecule has 0 amide bonds. The number of benzene rings is 2. The van der Waals surface area contributed by atoms with Crippen LogP contribution in [0.4, 0.5) is 5.69 Å². The third-order valence-corrected chi connectivity index (χ3v) is 6.92. The molecule has 0 bridgehead atoms. The second-order valence-corrected chi connectivity index (χ2v) is 8.83. The van der Waals surface area contributed by atoms with Crippen LogP contribution in [-0.2, 0) is 14.3 Å². The molecule has 184 valence electrons. The SMILES string of the molecule is CCOC(=O)C1=C(N)N(c2cccc(Cl)c2C)C2=C(C(=O)CCC2)[C@H]1c1ccc(OC)c(OC)c1. The Balaban J connectivity index is 2.03. The number of Topliss-reactive ketones (excluding diaryl/α,β-unsaturated/α-hetero) is 1. The number of rotatable bonds is 6. The van der Waals surface area contributed by atoms with Crippen LogP contribution in [0.2, 0.25) is 5.02 Å². The van der Waals surface area contributed by atoms with E-state index in [9.17, 15) is 9.59 Å². The number of nitrogens with zero attached hydrogens (tertiary/aromatic N) is 1. The average Bonchev–Trinajstić information content (AvgIpc) is 2.85. The van der Waals surface area contributed by atoms with Crippen molar-refractivity contribution in [3.05, 3.63) is 75.2 Å². The molecule has 0 spiro atoms. The van der Waals surface area contributed by atoms with Gasteiger partial charge in [-0.05, 0) is 62.1 Å². The van der Waals surface area contributed by atoms with Gasteiger partial charge in [0.15, 0.2) is 17.3 Å². The molecule has 2 aromatic rings. The summed E-state index contributed by atoms with van der Waals surface area (Å²) in [5.41, 5.74) is 10.5. The maximum absolute atomic E-state index is 13.5. The molecule has 7 nitrogen and oxygen atoms in total. The lowest BCUT2D eigenvalue weighted by Crippen LogP contribution is -2.41. The monoisotopic (exact) mass is 496 g/mol. The third-order valence-electron chi connectivity index (χ3n) is 6.51. The Bertz CT molecular complexity index is 1250. The summed E-state index contributed by atoms with van der Waals surface area (Å²) in [4.78, 5) is 28.6. The quantitative estimate of drug-likeness (QED) is 0.562. The lowest BCUT2D eigenvalue weighted by molar-refractivity contribution is -0.138. The highest BCUT2D eigenvalue weighted by atomic mass is 35.5. The van der Waals surface area contributed by atoms with E-state index in [1.165, 1.54) is 0 Å². The van der Waals surface area contributed by atoms with Crippen molar-refractivity contribution in [3.8, 4) is 11.5 Å². The maximum Gasteiger partial charge on any atom is 0.338 e. The molecule has 2 aromatic carbocycles. The number of halogens is 1. The van der Waals surface area contributed by atoms with Gasteiger partial charge in [-0.1, -0.05) is 23.7 Å². The van der Waals surface area contributed by atoms with Crippen molar-refractivity contribution in [1.82, 2.24) is 0 Å². The predicted molar refractivity (Wildman–Crippen MR) is 135 cm³/mol. The predicted octanol–water partition coefficient (Wildman–Crippen LogP) is 5.01. The Morgan fingerprint density at radius 2 is 1.89 bits per heavy atom. The molecular weight excluding hydrogens is 468 g/mol. The van der Waals surface area contributed by atoms with Gasteiger partial charge in [0, 0.05) is 22.7 Å². The molecule has 8 heteroatoms. The Hall–Kier alpha value is -3.45. The van der Waals surface area contributed by atoms with Crippen molar-refractivity contribution >= 4 is 29.0 Å². The van der Waals surface area contributed by atoms with Crippen molar-refractivity contribution in [2.75, 3.05) is 25.7 Å². The molecule has 2 N–H and O–H groups in total. The van der Waals surface area contributed by atoms with Gasteiger partial charge >= 0.3 is 5.97 Å². The van der Waals surface area contributed by atoms with Crippen molar-refractivity contribution < 1.29 is 23.8 Å². The minimum Gasteiger partial charge on any atom is -0.493 e. The molecule has 2 aliphatic rings. The number of carbonyl (C=O) groups is 2. The molecule has 0 saturated heterocycles. The summed E-state index contributed by atoms with van der Waals surface area (Å²) < 4.78 is 16.3. The van der Waals surface area contributed by atoms with Crippen LogP contribution in [0.1, 0.15) is 43.2 Å². The minimum absolute atomic E-state index is 0.0231. The fourth-order valence-corrected chi connectivity index (χ4v) is 5.04. The zero-order chi connectivity index (χ0) is 25.3. The van der Waals surface area contributed by atoms with Crippen LogP contribution in [0.3, 0.4) is 0 Å². The summed E-state index contributed by atoms with van der Waals surface area (Å²) in [5, 5.41) is 0.569. The summed E-state index contributed by atoms with van der Waals surface area (Å²) in [5.74, 6) is -0.0359. The van der Waals surface area contributed by atoms with Gasteiger partial charge < -0.3 is 19.9 Å². The molecule has 0 unspecified atom stereocenters. The Morgan fingerprint density at radius 3 is 2.57 bits per heavy atom. The standard InChI is InChI=1S/C27H29ClN2O5/c1-5-35-27(32)25-23(16-12-13-21(33-3)22(14-16)34-4)24-19(10-7-11-20(24)31)30(26(25)29)18-9-6-8-17(28)15(18)2/h6,8-9,12-14,23H,5,7,10-11,29H2,1-4H3/t23-/m1/s1. The molecule has 0 fully saturated rings. The molecular formula is C27H29ClN2O5. The zero-order valence-corrected chi connectivity index (χ0v) is 21.1. The van der Waals surface area contributed by atoms with Crippen LogP contribution in [-0.4, -0.2) is 32.6 Å². The van der Waals surface area contributed by atoms with Gasteiger partial charge in [0.05, 0.1) is 38.0 Å². The Labute approximate surface area is 210 Å². The lowest BCUT2D eigenvalue weighted by atomic mass is 9.75. The van der Waals surface area contributed by atoms with E-state index < -0.39 is 11.9 Å². The second kappa shape index (κ2) is 10.0. The number of hydrogen-bond donors (Lipinski definition) is 1. The number of carbonyl (C=O) groups excluding carboxylic acids is 2. The normalized spacial score (nSPS) is 17.9. The maximum atomic E-state index is 13.5. The van der Waals surface area contributed by atoms with E-state index in [1.54, 1.807) is 44.2 Å². The topological polar surface area (TPSA) is 91.1 Å². The van der Waals surface area contributed by atoms with E-state index >= 15 is 0 Å². The van der Waals surface area contributed by atoms with Crippen LogP contribution >= 0.6 is 11.6 Å². The van der Waals surface area contributed by atoms with Crippen molar-refractivity contribution in [1.29, 1.82) is 0 Å². The van der Waals surface area contributed by atoms with Gasteiger partial charge in [-0.15, -0.1) is 0 Å². The van der Waals surface area contributed by atoms with E-state index in [4.69, 9.17) is 31.5 Å². The largest absolute Gasteiger partial charge is 0.493 e. The summed E-state index contributed by atoms with van der Waals surface area (Å²) in [6.07, 6.45) is 1.71. The smallest absolute Gasteiger partial charge is 0.338 e. The molecule has 0 saturated carbocycles. The first-order valence-corrected chi connectivity index (χ1v) is 11.9. The van der Waals surface area contributed by atoms with Gasteiger partial charge in [0.1, 0.15) is 5.82 Å². The van der Waals surface area contributed by atoms with E-state index in [0.29, 0.717) is 46.9 Å². The zero-order valence-electron chi connectivity index (χ0n) is 20.3. The van der Waals surface area contributed by atoms with Gasteiger partial charge in [0.25, 0.3) is 0 Å². The van der Waals surface area contributed by atoms with E-state index in [2.05, 4.69) is 0 Å². The van der Waals surface area contributed by atoms with Gasteiger partial charge in [-0.25, -0.2) is 4.79 Å². The van der Waals surface area contributed by atoms with Crippen LogP contribution in [0, 0.1) is 6.92 Å². The van der Waals surface area contributed by atoms with Crippen LogP contribution in [0.5, 0.6) is 11.5 Å². The van der Waals surface area contributed by atoms with E-state index in [-0.39, 0.29) is 23.8 Å². The number of esters is 1. The highest BCUT2D eigenvalue weighted by Crippen LogP contribution is 2.48. The number of hydrogen-bond acceptors (Lipinski definition) is 7. The highest BCUT2D eigenvalue weighted by Gasteiger charge is 2.43. The molecule has 1 aliphatic carbocycles. The first-order valence-electron chi connectivity index (χ1n) is 11.5. The highest BCUT2D eigenvalue weighted by molar-refractivity contribution is 6.31. The summed E-state index contributed by atoms with van der Waals surface area (Å²) >= 11 is 6.44. The summed E-state index contributed by atoms with van der Waals surface area (Å²) in [6, 6.07) is 10.9. The lowest BCUT2D eigenvalue weighted by Gasteiger charge is -2.41. The summed E-state index contributed by atoms with van der Waals surface area (Å²) in [7, 11) is 3.09. The molecule has 0 aromatic heterocycles. The van der Waals surface area contributed by atoms with Gasteiger partial charge in [0.2, 0.25) is 0 Å². The number of allylic oxidation sites excluding steroid dienone is 2. The first kappa shape index (κ1) is 24.7. The van der Waals surface area contributed by atoms with E-state index in [0.717, 1.165) is 16.9 Å². The van der Waals surface area contributed by atoms with Crippen molar-refractivity contribution in [2.45, 2.75) is 39.0 Å². The number of ether oxygens (including phenoxy) is 3. The first-order chi connectivity index (χ1) is 16.8. The van der Waals surface area contributed by atoms with Gasteiger partial charge in [-0.2, -0.15) is 0 Å². The number of anilines is 1. The molecule has 0 radical (unpaired) electrons. The fraction of sp³-hybridized carbons (Fsp3) is 0.333. The second-order valence-electron chi connectivity index (χ2n) is 8.42. The van der Waals surface area contributed by atoms with E-state index in [1.807, 2.05) is 25.1 Å². The van der Waals surface area contributed by atoms with Crippen LogP contribution in [0.15, 0.2) is 59.1 Å². The number of ketones is 1. The van der Waals surface area contributed by atoms with Crippen molar-refractivity contribution in [3.63, 3.8) is 0 Å². The Kier molecular flexibility index (Phi) is 7.08. The number of methoxy groups -OCH3 is 2. The van der Waals surface area contributed by atoms with Crippen LogP contribution in [0.25, 0.3) is 0 Å². The molecule has 1 heterocycles. The third kappa shape index (κ3) is 4.25. The summed E-state index contributed by atoms with van der Waals surface area (Å²) in [6.45, 7) is 3.79. The molecule has 35 heavy (non-hydrogen) atoms. The Morgan fingerprint density at radius 1 is 1.14 bits per heavy atom. The van der Waals surface area contributed by atoms with Gasteiger partial charge in [-0.3, -0.25) is 9.69 Å². The fourth-order valence-electron chi connectivity index (χ4n) is 4.88.